The minimum absolute atomic E-state index is 0.133. The van der Waals surface area contributed by atoms with Gasteiger partial charge in [-0.2, -0.15) is 0 Å². The summed E-state index contributed by atoms with van der Waals surface area (Å²) < 4.78 is 4.68. The van der Waals surface area contributed by atoms with E-state index in [0.717, 1.165) is 0 Å². The fourth-order valence-electron chi connectivity index (χ4n) is 1.59. The summed E-state index contributed by atoms with van der Waals surface area (Å²) in [6, 6.07) is -0.651. The zero-order valence-corrected chi connectivity index (χ0v) is 9.55. The predicted octanol–water partition coefficient (Wildman–Crippen LogP) is -0.943. The number of primary amides is 1. The molecular formula is C10H14N4O3+. The maximum absolute atomic E-state index is 12.0. The molecule has 0 spiro atoms. The summed E-state index contributed by atoms with van der Waals surface area (Å²) in [5, 5.41) is 3.98. The zero-order chi connectivity index (χ0) is 12.5. The SMILES string of the molecule is C[N+]1(C(N)=O)C=[C]C(C(=O)N2CCOCC2)=N1. The maximum Gasteiger partial charge on any atom is 0.445 e. The molecule has 1 fully saturated rings. The molecule has 0 bridgehead atoms. The van der Waals surface area contributed by atoms with Gasteiger partial charge in [-0.3, -0.25) is 4.79 Å². The molecule has 3 amide bonds. The number of ether oxygens (including phenoxy) is 1. The normalized spacial score (nSPS) is 28.1. The average Bonchev–Trinajstić information content (AvgIpc) is 2.74. The second-order valence-electron chi connectivity index (χ2n) is 3.99. The van der Waals surface area contributed by atoms with Gasteiger partial charge in [0.1, 0.15) is 13.2 Å². The number of urea groups is 1. The van der Waals surface area contributed by atoms with Crippen molar-refractivity contribution >= 4 is 17.6 Å². The van der Waals surface area contributed by atoms with Crippen LogP contribution in [0.4, 0.5) is 4.79 Å². The van der Waals surface area contributed by atoms with Crippen LogP contribution in [0.15, 0.2) is 11.3 Å². The Morgan fingerprint density at radius 3 is 2.71 bits per heavy atom. The molecule has 7 nitrogen and oxygen atoms in total. The largest absolute Gasteiger partial charge is 0.445 e. The maximum atomic E-state index is 12.0. The minimum Gasteiger partial charge on any atom is -0.378 e. The number of amides is 3. The second-order valence-corrected chi connectivity index (χ2v) is 3.99. The number of nitrogens with zero attached hydrogens (tertiary/aromatic N) is 3. The van der Waals surface area contributed by atoms with E-state index in [2.05, 4.69) is 11.2 Å². The molecule has 7 heteroatoms. The van der Waals surface area contributed by atoms with Crippen molar-refractivity contribution < 1.29 is 18.9 Å². The van der Waals surface area contributed by atoms with Crippen LogP contribution in [0.2, 0.25) is 0 Å². The molecule has 1 radical (unpaired) electrons. The van der Waals surface area contributed by atoms with Crippen LogP contribution in [0.1, 0.15) is 0 Å². The molecule has 0 aromatic heterocycles. The standard InChI is InChI=1S/C10H13N4O3/c1-14(10(11)16)5-2-8(12-14)9(15)13-3-6-17-7-4-13/h5H,3-4,6-7H2,1H3,(H-,11,16)/p+1. The van der Waals surface area contributed by atoms with Crippen molar-refractivity contribution in [3.05, 3.63) is 12.3 Å². The highest BCUT2D eigenvalue weighted by molar-refractivity contribution is 6.41. The molecular weight excluding hydrogens is 224 g/mol. The molecule has 1 unspecified atom stereocenters. The highest BCUT2D eigenvalue weighted by Gasteiger charge is 2.36. The van der Waals surface area contributed by atoms with Gasteiger partial charge in [-0.05, 0) is 0 Å². The number of carbonyl (C=O) groups excluding carboxylic acids is 2. The first-order valence-corrected chi connectivity index (χ1v) is 5.27. The molecule has 2 N–H and O–H groups in total. The molecule has 1 atom stereocenters. The first kappa shape index (κ1) is 11.7. The molecule has 1 saturated heterocycles. The Balaban J connectivity index is 2.12. The van der Waals surface area contributed by atoms with Crippen LogP contribution in [-0.4, -0.2) is 60.5 Å². The van der Waals surface area contributed by atoms with E-state index < -0.39 is 10.6 Å². The summed E-state index contributed by atoms with van der Waals surface area (Å²) in [6.07, 6.45) is 4.06. The van der Waals surface area contributed by atoms with Crippen LogP contribution < -0.4 is 5.73 Å². The van der Waals surface area contributed by atoms with Crippen LogP contribution in [-0.2, 0) is 9.53 Å². The van der Waals surface area contributed by atoms with Crippen LogP contribution in [0.5, 0.6) is 0 Å². The molecule has 2 aliphatic rings. The average molecular weight is 238 g/mol. The lowest BCUT2D eigenvalue weighted by molar-refractivity contribution is -0.779. The van der Waals surface area contributed by atoms with Gasteiger partial charge in [0, 0.05) is 13.1 Å². The van der Waals surface area contributed by atoms with Gasteiger partial charge in [0.05, 0.1) is 19.3 Å². The van der Waals surface area contributed by atoms with Crippen LogP contribution in [0.25, 0.3) is 0 Å². The number of hydrogen-bond acceptors (Lipinski definition) is 4. The van der Waals surface area contributed by atoms with Crippen molar-refractivity contribution in [1.29, 1.82) is 0 Å². The van der Waals surface area contributed by atoms with E-state index in [0.29, 0.717) is 26.3 Å². The van der Waals surface area contributed by atoms with E-state index in [1.165, 1.54) is 13.2 Å². The quantitative estimate of drug-likeness (QED) is 0.598. The Morgan fingerprint density at radius 1 is 1.53 bits per heavy atom. The van der Waals surface area contributed by atoms with Gasteiger partial charge in [0.15, 0.2) is 5.71 Å². The Bertz CT molecular complexity index is 412. The van der Waals surface area contributed by atoms with Crippen LogP contribution in [0, 0.1) is 6.08 Å². The van der Waals surface area contributed by atoms with Gasteiger partial charge < -0.3 is 15.4 Å². The van der Waals surface area contributed by atoms with E-state index in [9.17, 15) is 9.59 Å². The van der Waals surface area contributed by atoms with Gasteiger partial charge >= 0.3 is 6.03 Å². The molecule has 0 aliphatic carbocycles. The summed E-state index contributed by atoms with van der Waals surface area (Å²) in [4.78, 5) is 24.8. The molecule has 0 saturated carbocycles. The van der Waals surface area contributed by atoms with Gasteiger partial charge in [-0.15, -0.1) is 0 Å². The van der Waals surface area contributed by atoms with Crippen LogP contribution >= 0.6 is 0 Å². The van der Waals surface area contributed by atoms with Crippen molar-refractivity contribution in [2.24, 2.45) is 10.8 Å². The van der Waals surface area contributed by atoms with E-state index in [4.69, 9.17) is 10.5 Å². The number of hydrogen-bond donors (Lipinski definition) is 1. The Morgan fingerprint density at radius 2 is 2.18 bits per heavy atom. The third-order valence-corrected chi connectivity index (χ3v) is 2.71. The number of nitrogens with two attached hydrogens (primary N) is 1. The van der Waals surface area contributed by atoms with E-state index in [1.54, 1.807) is 4.90 Å². The lowest BCUT2D eigenvalue weighted by Gasteiger charge is -2.26. The first-order valence-electron chi connectivity index (χ1n) is 5.27. The van der Waals surface area contributed by atoms with E-state index in [-0.39, 0.29) is 11.6 Å². The lowest BCUT2D eigenvalue weighted by atomic mass is 10.3. The second kappa shape index (κ2) is 4.27. The Hall–Kier alpha value is -1.73. The number of morpholine rings is 1. The van der Waals surface area contributed by atoms with Gasteiger partial charge in [-0.25, -0.2) is 4.79 Å². The van der Waals surface area contributed by atoms with Crippen molar-refractivity contribution in [3.8, 4) is 0 Å². The Kier molecular flexibility index (Phi) is 2.95. The van der Waals surface area contributed by atoms with Crippen LogP contribution in [0.3, 0.4) is 0 Å². The van der Waals surface area contributed by atoms with Crippen molar-refractivity contribution in [2.45, 2.75) is 0 Å². The summed E-state index contributed by atoms with van der Waals surface area (Å²) in [7, 11) is 1.49. The minimum atomic E-state index is -0.651. The van der Waals surface area contributed by atoms with E-state index >= 15 is 0 Å². The van der Waals surface area contributed by atoms with Gasteiger partial charge in [0.25, 0.3) is 5.91 Å². The molecule has 2 heterocycles. The molecule has 17 heavy (non-hydrogen) atoms. The van der Waals surface area contributed by atoms with Crippen molar-refractivity contribution in [2.75, 3.05) is 33.4 Å². The van der Waals surface area contributed by atoms with Gasteiger partial charge in [-0.1, -0.05) is 9.69 Å². The summed E-state index contributed by atoms with van der Waals surface area (Å²) in [6.45, 7) is 2.09. The topological polar surface area (TPSA) is 85.0 Å². The molecule has 91 valence electrons. The molecule has 2 rings (SSSR count). The molecule has 0 aromatic rings. The fraction of sp³-hybridized carbons (Fsp3) is 0.500. The molecule has 0 aromatic carbocycles. The third kappa shape index (κ3) is 2.20. The third-order valence-electron chi connectivity index (χ3n) is 2.71. The fourth-order valence-corrected chi connectivity index (χ4v) is 1.59. The highest BCUT2D eigenvalue weighted by Crippen LogP contribution is 2.13. The lowest BCUT2D eigenvalue weighted by Crippen LogP contribution is -2.45. The highest BCUT2D eigenvalue weighted by atomic mass is 16.5. The number of rotatable bonds is 1. The number of carbonyl (C=O) groups is 2. The zero-order valence-electron chi connectivity index (χ0n) is 9.55. The summed E-state index contributed by atoms with van der Waals surface area (Å²) in [5.41, 5.74) is 5.32. The summed E-state index contributed by atoms with van der Waals surface area (Å²) in [5.74, 6) is -0.243. The van der Waals surface area contributed by atoms with Gasteiger partial charge in [0.2, 0.25) is 0 Å². The number of quaternary nitrogens is 1. The Labute approximate surface area is 98.7 Å². The molecule has 2 aliphatic heterocycles. The van der Waals surface area contributed by atoms with E-state index in [1.807, 2.05) is 0 Å². The van der Waals surface area contributed by atoms with Crippen molar-refractivity contribution in [1.82, 2.24) is 4.90 Å². The monoisotopic (exact) mass is 238 g/mol. The smallest absolute Gasteiger partial charge is 0.378 e. The first-order chi connectivity index (χ1) is 8.03. The van der Waals surface area contributed by atoms with Crippen molar-refractivity contribution in [3.63, 3.8) is 0 Å². The predicted molar refractivity (Wildman–Crippen MR) is 58.4 cm³/mol. The summed E-state index contributed by atoms with van der Waals surface area (Å²) >= 11 is 0.